The first-order valence-electron chi connectivity index (χ1n) is 7.03. The van der Waals surface area contributed by atoms with Crippen LogP contribution in [-0.2, 0) is 14.8 Å². The van der Waals surface area contributed by atoms with E-state index in [4.69, 9.17) is 0 Å². The number of sulfonamides is 1. The van der Waals surface area contributed by atoms with Crippen molar-refractivity contribution in [2.24, 2.45) is 5.92 Å². The molecule has 2 heterocycles. The Morgan fingerprint density at radius 3 is 2.62 bits per heavy atom. The molecule has 2 fully saturated rings. The number of hydrogen-bond acceptors (Lipinski definition) is 3. The van der Waals surface area contributed by atoms with Crippen molar-refractivity contribution < 1.29 is 13.2 Å². The number of likely N-dealkylation sites (tertiary alicyclic amines) is 1. The average Bonchev–Trinajstić information content (AvgIpc) is 2.86. The van der Waals surface area contributed by atoms with Gasteiger partial charge in [0.15, 0.2) is 0 Å². The third kappa shape index (κ3) is 2.86. The third-order valence-electron chi connectivity index (χ3n) is 4.10. The van der Waals surface area contributed by atoms with E-state index in [1.54, 1.807) is 24.3 Å². The Labute approximate surface area is 133 Å². The van der Waals surface area contributed by atoms with Gasteiger partial charge < -0.3 is 4.90 Å². The lowest BCUT2D eigenvalue weighted by molar-refractivity contribution is -0.138. The molecule has 2 aliphatic heterocycles. The van der Waals surface area contributed by atoms with Gasteiger partial charge in [0, 0.05) is 30.7 Å². The second-order valence-corrected chi connectivity index (χ2v) is 8.34. The minimum atomic E-state index is -3.51. The molecule has 21 heavy (non-hydrogen) atoms. The summed E-state index contributed by atoms with van der Waals surface area (Å²) < 4.78 is 27.3. The van der Waals surface area contributed by atoms with Crippen LogP contribution >= 0.6 is 15.9 Å². The third-order valence-corrected chi connectivity index (χ3v) is 6.46. The second-order valence-electron chi connectivity index (χ2n) is 5.48. The van der Waals surface area contributed by atoms with E-state index >= 15 is 0 Å². The first-order valence-corrected chi connectivity index (χ1v) is 9.26. The molecule has 5 nitrogen and oxygen atoms in total. The first kappa shape index (κ1) is 15.0. The molecule has 1 unspecified atom stereocenters. The van der Waals surface area contributed by atoms with Crippen molar-refractivity contribution in [1.29, 1.82) is 0 Å². The van der Waals surface area contributed by atoms with Crippen LogP contribution in [0.3, 0.4) is 0 Å². The van der Waals surface area contributed by atoms with E-state index in [1.165, 1.54) is 4.31 Å². The molecule has 0 saturated carbocycles. The van der Waals surface area contributed by atoms with Gasteiger partial charge in [-0.3, -0.25) is 4.79 Å². The molecular formula is C14H17BrN2O3S. The number of rotatable bonds is 3. The molecule has 0 aromatic heterocycles. The fourth-order valence-electron chi connectivity index (χ4n) is 2.72. The second kappa shape index (κ2) is 5.70. The van der Waals surface area contributed by atoms with Gasteiger partial charge in [-0.15, -0.1) is 0 Å². The summed E-state index contributed by atoms with van der Waals surface area (Å²) in [6, 6.07) is 6.68. The molecule has 2 aliphatic rings. The number of nitrogens with zero attached hydrogens (tertiary/aromatic N) is 2. The lowest BCUT2D eigenvalue weighted by Crippen LogP contribution is -2.46. The number of carbonyl (C=O) groups is 1. The summed E-state index contributed by atoms with van der Waals surface area (Å²) in [4.78, 5) is 14.3. The largest absolute Gasteiger partial charge is 0.342 e. The Balaban J connectivity index is 1.74. The molecule has 114 valence electrons. The van der Waals surface area contributed by atoms with Gasteiger partial charge in [-0.2, -0.15) is 4.31 Å². The maximum absolute atomic E-state index is 12.6. The van der Waals surface area contributed by atoms with Gasteiger partial charge in [0.2, 0.25) is 15.9 Å². The predicted octanol–water partition coefficient (Wildman–Crippen LogP) is 1.69. The Hall–Kier alpha value is -0.920. The summed E-state index contributed by atoms with van der Waals surface area (Å²) in [5.74, 6) is -0.0829. The number of carbonyl (C=O) groups excluding carboxylic acids is 1. The molecule has 0 N–H and O–H groups in total. The zero-order valence-corrected chi connectivity index (χ0v) is 13.9. The molecule has 0 radical (unpaired) electrons. The molecule has 0 aliphatic carbocycles. The van der Waals surface area contributed by atoms with Crippen molar-refractivity contribution in [2.75, 3.05) is 26.2 Å². The van der Waals surface area contributed by atoms with Crippen LogP contribution in [0, 0.1) is 5.92 Å². The zero-order chi connectivity index (χ0) is 15.0. The SMILES string of the molecule is O=C(C1CCN(S(=O)(=O)c2cccc(Br)c2)C1)N1CCC1. The van der Waals surface area contributed by atoms with E-state index in [-0.39, 0.29) is 16.7 Å². The van der Waals surface area contributed by atoms with Gasteiger partial charge in [0.05, 0.1) is 10.8 Å². The molecule has 1 amide bonds. The van der Waals surface area contributed by atoms with Gasteiger partial charge in [0.1, 0.15) is 0 Å². The molecule has 3 rings (SSSR count). The molecular weight excluding hydrogens is 356 g/mol. The molecule has 1 aromatic carbocycles. The molecule has 1 aromatic rings. The van der Waals surface area contributed by atoms with Gasteiger partial charge in [-0.05, 0) is 31.0 Å². The van der Waals surface area contributed by atoms with E-state index in [0.717, 1.165) is 24.0 Å². The summed E-state index contributed by atoms with van der Waals surface area (Å²) in [7, 11) is -3.51. The fourth-order valence-corrected chi connectivity index (χ4v) is 4.82. The summed E-state index contributed by atoms with van der Waals surface area (Å²) >= 11 is 3.29. The zero-order valence-electron chi connectivity index (χ0n) is 11.5. The highest BCUT2D eigenvalue weighted by atomic mass is 79.9. The van der Waals surface area contributed by atoms with Crippen LogP contribution in [0.1, 0.15) is 12.8 Å². The van der Waals surface area contributed by atoms with Crippen molar-refractivity contribution >= 4 is 31.9 Å². The summed E-state index contributed by atoms with van der Waals surface area (Å²) in [5, 5.41) is 0. The standard InChI is InChI=1S/C14H17BrN2O3S/c15-12-3-1-4-13(9-12)21(19,20)17-8-5-11(10-17)14(18)16-6-2-7-16/h1,3-4,9,11H,2,5-8,10H2. The van der Waals surface area contributed by atoms with Gasteiger partial charge >= 0.3 is 0 Å². The van der Waals surface area contributed by atoms with Crippen LogP contribution in [0.4, 0.5) is 0 Å². The minimum absolute atomic E-state index is 0.105. The Bertz CT molecular complexity index is 658. The maximum atomic E-state index is 12.6. The van der Waals surface area contributed by atoms with Crippen molar-refractivity contribution in [1.82, 2.24) is 9.21 Å². The highest BCUT2D eigenvalue weighted by Crippen LogP contribution is 2.27. The Kier molecular flexibility index (Phi) is 4.07. The van der Waals surface area contributed by atoms with Crippen molar-refractivity contribution in [3.8, 4) is 0 Å². The predicted molar refractivity (Wildman–Crippen MR) is 82.2 cm³/mol. The van der Waals surface area contributed by atoms with Crippen LogP contribution in [0.15, 0.2) is 33.6 Å². The number of benzene rings is 1. The topological polar surface area (TPSA) is 57.7 Å². The van der Waals surface area contributed by atoms with Gasteiger partial charge in [-0.25, -0.2) is 8.42 Å². The molecule has 2 saturated heterocycles. The summed E-state index contributed by atoms with van der Waals surface area (Å²) in [5.41, 5.74) is 0. The highest BCUT2D eigenvalue weighted by Gasteiger charge is 2.38. The van der Waals surface area contributed by atoms with Crippen molar-refractivity contribution in [2.45, 2.75) is 17.7 Å². The molecule has 0 spiro atoms. The molecule has 1 atom stereocenters. The monoisotopic (exact) mass is 372 g/mol. The number of halogens is 1. The quantitative estimate of drug-likeness (QED) is 0.810. The van der Waals surface area contributed by atoms with Crippen LogP contribution in [0.2, 0.25) is 0 Å². The smallest absolute Gasteiger partial charge is 0.243 e. The fraction of sp³-hybridized carbons (Fsp3) is 0.500. The summed E-state index contributed by atoms with van der Waals surface area (Å²) in [6.45, 7) is 2.34. The van der Waals surface area contributed by atoms with Crippen LogP contribution < -0.4 is 0 Å². The van der Waals surface area contributed by atoms with Crippen LogP contribution in [0.25, 0.3) is 0 Å². The van der Waals surface area contributed by atoms with Crippen molar-refractivity contribution in [3.63, 3.8) is 0 Å². The van der Waals surface area contributed by atoms with Gasteiger partial charge in [0.25, 0.3) is 0 Å². The van der Waals surface area contributed by atoms with E-state index in [1.807, 2.05) is 4.90 Å². The lowest BCUT2D eigenvalue weighted by Gasteiger charge is -2.33. The summed E-state index contributed by atoms with van der Waals surface area (Å²) in [6.07, 6.45) is 1.67. The highest BCUT2D eigenvalue weighted by molar-refractivity contribution is 9.10. The van der Waals surface area contributed by atoms with E-state index in [2.05, 4.69) is 15.9 Å². The van der Waals surface area contributed by atoms with Gasteiger partial charge in [-0.1, -0.05) is 22.0 Å². The average molecular weight is 373 g/mol. The minimum Gasteiger partial charge on any atom is -0.342 e. The first-order chi connectivity index (χ1) is 9.98. The Morgan fingerprint density at radius 1 is 1.24 bits per heavy atom. The van der Waals surface area contributed by atoms with Crippen LogP contribution in [0.5, 0.6) is 0 Å². The van der Waals surface area contributed by atoms with E-state index in [0.29, 0.717) is 19.5 Å². The molecule has 7 heteroatoms. The van der Waals surface area contributed by atoms with Crippen molar-refractivity contribution in [3.05, 3.63) is 28.7 Å². The number of hydrogen-bond donors (Lipinski definition) is 0. The van der Waals surface area contributed by atoms with E-state index in [9.17, 15) is 13.2 Å². The van der Waals surface area contributed by atoms with Crippen LogP contribution in [-0.4, -0.2) is 49.7 Å². The lowest BCUT2D eigenvalue weighted by atomic mass is 10.1. The van der Waals surface area contributed by atoms with E-state index < -0.39 is 10.0 Å². The molecule has 0 bridgehead atoms. The Morgan fingerprint density at radius 2 is 2.00 bits per heavy atom. The maximum Gasteiger partial charge on any atom is 0.243 e. The number of amides is 1. The normalized spacial score (nSPS) is 23.1.